The molecule has 0 atom stereocenters. The fraction of sp³-hybridized carbons (Fsp3) is 0.350. The Bertz CT molecular complexity index is 716. The molecule has 2 aromatic carbocycles. The Kier molecular flexibility index (Phi) is 7.14. The first-order valence-corrected chi connectivity index (χ1v) is 8.49. The highest BCUT2D eigenvalue weighted by molar-refractivity contribution is 5.73. The minimum Gasteiger partial charge on any atom is -0.494 e. The molecule has 0 aromatic heterocycles. The van der Waals surface area contributed by atoms with E-state index in [0.717, 1.165) is 16.9 Å². The minimum atomic E-state index is -0.145. The smallest absolute Gasteiger partial charge is 0.317 e. The number of amides is 2. The molecule has 26 heavy (non-hydrogen) atoms. The number of carbonyl (C=O) groups excluding carboxylic acids is 1. The second-order valence-corrected chi connectivity index (χ2v) is 5.78. The van der Waals surface area contributed by atoms with Crippen molar-refractivity contribution in [1.82, 2.24) is 10.2 Å². The normalized spacial score (nSPS) is 10.2. The van der Waals surface area contributed by atoms with Gasteiger partial charge in [0.05, 0.1) is 20.8 Å². The van der Waals surface area contributed by atoms with Crippen LogP contribution in [0, 0.1) is 0 Å². The van der Waals surface area contributed by atoms with E-state index in [9.17, 15) is 4.79 Å². The van der Waals surface area contributed by atoms with Crippen molar-refractivity contribution >= 4 is 6.03 Å². The summed E-state index contributed by atoms with van der Waals surface area (Å²) in [5, 5.41) is 2.91. The number of hydrogen-bond acceptors (Lipinski definition) is 4. The molecule has 6 heteroatoms. The lowest BCUT2D eigenvalue weighted by atomic mass is 10.2. The Morgan fingerprint density at radius 2 is 1.65 bits per heavy atom. The van der Waals surface area contributed by atoms with Gasteiger partial charge in [0.2, 0.25) is 0 Å². The van der Waals surface area contributed by atoms with Gasteiger partial charge in [0, 0.05) is 20.1 Å². The second kappa shape index (κ2) is 9.56. The van der Waals surface area contributed by atoms with Crippen LogP contribution in [0.1, 0.15) is 18.1 Å². The van der Waals surface area contributed by atoms with E-state index in [1.807, 2.05) is 49.4 Å². The molecule has 2 aromatic rings. The Morgan fingerprint density at radius 3 is 2.27 bits per heavy atom. The van der Waals surface area contributed by atoms with Crippen molar-refractivity contribution in [2.45, 2.75) is 20.0 Å². The van der Waals surface area contributed by atoms with Crippen LogP contribution >= 0.6 is 0 Å². The Morgan fingerprint density at radius 1 is 1.00 bits per heavy atom. The van der Waals surface area contributed by atoms with E-state index in [4.69, 9.17) is 14.2 Å². The molecule has 2 rings (SSSR count). The van der Waals surface area contributed by atoms with Crippen molar-refractivity contribution < 1.29 is 19.0 Å². The highest BCUT2D eigenvalue weighted by Crippen LogP contribution is 2.27. The molecule has 1 N–H and O–H groups in total. The average Bonchev–Trinajstić information content (AvgIpc) is 2.67. The van der Waals surface area contributed by atoms with Crippen LogP contribution in [-0.2, 0) is 13.1 Å². The molecule has 0 fully saturated rings. The van der Waals surface area contributed by atoms with Crippen LogP contribution < -0.4 is 19.5 Å². The van der Waals surface area contributed by atoms with Crippen LogP contribution in [0.3, 0.4) is 0 Å². The van der Waals surface area contributed by atoms with Gasteiger partial charge in [0.15, 0.2) is 11.5 Å². The van der Waals surface area contributed by atoms with Gasteiger partial charge >= 0.3 is 6.03 Å². The molecule has 0 spiro atoms. The minimum absolute atomic E-state index is 0.145. The van der Waals surface area contributed by atoms with E-state index in [2.05, 4.69) is 5.32 Å². The van der Waals surface area contributed by atoms with E-state index in [1.54, 1.807) is 26.2 Å². The number of urea groups is 1. The van der Waals surface area contributed by atoms with Crippen molar-refractivity contribution in [2.24, 2.45) is 0 Å². The number of ether oxygens (including phenoxy) is 3. The zero-order valence-electron chi connectivity index (χ0n) is 15.7. The van der Waals surface area contributed by atoms with Crippen LogP contribution in [0.5, 0.6) is 17.2 Å². The van der Waals surface area contributed by atoms with Crippen LogP contribution in [-0.4, -0.2) is 38.8 Å². The number of methoxy groups -OCH3 is 2. The highest BCUT2D eigenvalue weighted by Gasteiger charge is 2.10. The molecular formula is C20H26N2O4. The molecule has 0 saturated carbocycles. The third kappa shape index (κ3) is 5.31. The van der Waals surface area contributed by atoms with Gasteiger partial charge < -0.3 is 24.4 Å². The monoisotopic (exact) mass is 358 g/mol. The van der Waals surface area contributed by atoms with Crippen molar-refractivity contribution in [1.29, 1.82) is 0 Å². The summed E-state index contributed by atoms with van der Waals surface area (Å²) in [6, 6.07) is 13.2. The maximum Gasteiger partial charge on any atom is 0.317 e. The topological polar surface area (TPSA) is 60.0 Å². The van der Waals surface area contributed by atoms with E-state index in [1.165, 1.54) is 0 Å². The van der Waals surface area contributed by atoms with E-state index in [-0.39, 0.29) is 6.03 Å². The highest BCUT2D eigenvalue weighted by atomic mass is 16.5. The summed E-state index contributed by atoms with van der Waals surface area (Å²) in [4.78, 5) is 13.9. The van der Waals surface area contributed by atoms with Gasteiger partial charge in [-0.15, -0.1) is 0 Å². The van der Waals surface area contributed by atoms with Gasteiger partial charge in [0.1, 0.15) is 5.75 Å². The summed E-state index contributed by atoms with van der Waals surface area (Å²) in [5.41, 5.74) is 1.97. The Labute approximate surface area is 154 Å². The van der Waals surface area contributed by atoms with Crippen molar-refractivity contribution in [3.05, 3.63) is 53.6 Å². The zero-order valence-corrected chi connectivity index (χ0v) is 15.7. The lowest BCUT2D eigenvalue weighted by Gasteiger charge is -2.18. The maximum absolute atomic E-state index is 12.3. The number of benzene rings is 2. The molecule has 0 bridgehead atoms. The molecule has 0 radical (unpaired) electrons. The number of hydrogen-bond donors (Lipinski definition) is 1. The summed E-state index contributed by atoms with van der Waals surface area (Å²) in [6.45, 7) is 3.51. The van der Waals surface area contributed by atoms with Crippen LogP contribution in [0.4, 0.5) is 4.79 Å². The molecule has 6 nitrogen and oxygen atoms in total. The first kappa shape index (κ1) is 19.4. The standard InChI is InChI=1S/C20H26N2O4/c1-5-26-17-9-6-15(7-10-17)14-22(2)20(23)21-13-16-8-11-18(24-3)19(12-16)25-4/h6-12H,5,13-14H2,1-4H3,(H,21,23). The fourth-order valence-electron chi connectivity index (χ4n) is 2.51. The number of nitrogens with one attached hydrogen (secondary N) is 1. The molecule has 0 saturated heterocycles. The molecule has 2 amide bonds. The molecule has 0 aliphatic rings. The molecule has 0 unspecified atom stereocenters. The number of nitrogens with zero attached hydrogens (tertiary/aromatic N) is 1. The van der Waals surface area contributed by atoms with E-state index < -0.39 is 0 Å². The van der Waals surface area contributed by atoms with Crippen LogP contribution in [0.2, 0.25) is 0 Å². The van der Waals surface area contributed by atoms with Gasteiger partial charge in [-0.05, 0) is 42.3 Å². The Balaban J connectivity index is 1.88. The van der Waals surface area contributed by atoms with Crippen LogP contribution in [0.15, 0.2) is 42.5 Å². The summed E-state index contributed by atoms with van der Waals surface area (Å²) < 4.78 is 15.9. The predicted molar refractivity (Wildman–Crippen MR) is 101 cm³/mol. The number of carbonyl (C=O) groups is 1. The quantitative estimate of drug-likeness (QED) is 0.785. The number of rotatable bonds is 8. The first-order valence-electron chi connectivity index (χ1n) is 8.49. The zero-order chi connectivity index (χ0) is 18.9. The van der Waals surface area contributed by atoms with Gasteiger partial charge in [0.25, 0.3) is 0 Å². The van der Waals surface area contributed by atoms with Gasteiger partial charge in [-0.1, -0.05) is 18.2 Å². The second-order valence-electron chi connectivity index (χ2n) is 5.78. The molecule has 0 aliphatic carbocycles. The SMILES string of the molecule is CCOc1ccc(CN(C)C(=O)NCc2ccc(OC)c(OC)c2)cc1. The van der Waals surface area contributed by atoms with Gasteiger partial charge in [-0.3, -0.25) is 0 Å². The van der Waals surface area contributed by atoms with Crippen molar-refractivity contribution in [3.8, 4) is 17.2 Å². The maximum atomic E-state index is 12.3. The van der Waals surface area contributed by atoms with E-state index >= 15 is 0 Å². The summed E-state index contributed by atoms with van der Waals surface area (Å²) >= 11 is 0. The first-order chi connectivity index (χ1) is 12.6. The largest absolute Gasteiger partial charge is 0.494 e. The van der Waals surface area contributed by atoms with Crippen molar-refractivity contribution in [3.63, 3.8) is 0 Å². The third-order valence-corrected chi connectivity index (χ3v) is 3.89. The van der Waals surface area contributed by atoms with E-state index in [0.29, 0.717) is 31.2 Å². The van der Waals surface area contributed by atoms with Gasteiger partial charge in [-0.25, -0.2) is 4.79 Å². The van der Waals surface area contributed by atoms with Crippen LogP contribution in [0.25, 0.3) is 0 Å². The lowest BCUT2D eigenvalue weighted by Crippen LogP contribution is -2.36. The summed E-state index contributed by atoms with van der Waals surface area (Å²) in [7, 11) is 4.94. The van der Waals surface area contributed by atoms with Crippen molar-refractivity contribution in [2.75, 3.05) is 27.9 Å². The third-order valence-electron chi connectivity index (χ3n) is 3.89. The summed E-state index contributed by atoms with van der Waals surface area (Å²) in [6.07, 6.45) is 0. The molecule has 0 aliphatic heterocycles. The summed E-state index contributed by atoms with van der Waals surface area (Å²) in [5.74, 6) is 2.13. The predicted octanol–water partition coefficient (Wildman–Crippen LogP) is 3.44. The van der Waals surface area contributed by atoms with Gasteiger partial charge in [-0.2, -0.15) is 0 Å². The molecule has 0 heterocycles. The average molecular weight is 358 g/mol. The fourth-order valence-corrected chi connectivity index (χ4v) is 2.51. The lowest BCUT2D eigenvalue weighted by molar-refractivity contribution is 0.206. The molecular weight excluding hydrogens is 332 g/mol. The molecule has 140 valence electrons. The Hall–Kier alpha value is -2.89.